The van der Waals surface area contributed by atoms with Crippen molar-refractivity contribution in [3.63, 3.8) is 0 Å². The Hall–Kier alpha value is -3.43. The molecule has 1 aromatic heterocycles. The molecule has 9 nitrogen and oxygen atoms in total. The SMILES string of the molecule is O=[N+]([O-])c1cc([N+](=O)[O-])c(Nc2ccccc2Cl)nc1Nc1ccccc1Cl. The van der Waals surface area contributed by atoms with E-state index in [1.54, 1.807) is 48.5 Å². The van der Waals surface area contributed by atoms with Gasteiger partial charge in [0.05, 0.1) is 31.3 Å². The molecule has 0 aliphatic carbocycles. The van der Waals surface area contributed by atoms with Crippen molar-refractivity contribution in [3.05, 3.63) is 84.9 Å². The van der Waals surface area contributed by atoms with Crippen LogP contribution in [0, 0.1) is 20.2 Å². The van der Waals surface area contributed by atoms with Crippen LogP contribution in [0.5, 0.6) is 0 Å². The van der Waals surface area contributed by atoms with Gasteiger partial charge in [0.25, 0.3) is 0 Å². The number of halogens is 2. The monoisotopic (exact) mass is 419 g/mol. The average molecular weight is 420 g/mol. The minimum absolute atomic E-state index is 0.210. The first-order valence-electron chi connectivity index (χ1n) is 7.73. The van der Waals surface area contributed by atoms with Gasteiger partial charge in [-0.25, -0.2) is 0 Å². The Morgan fingerprint density at radius 2 is 1.14 bits per heavy atom. The summed E-state index contributed by atoms with van der Waals surface area (Å²) in [5.74, 6) is -0.420. The number of pyridine rings is 1. The van der Waals surface area contributed by atoms with Crippen LogP contribution >= 0.6 is 23.2 Å². The van der Waals surface area contributed by atoms with Gasteiger partial charge in [0.2, 0.25) is 11.6 Å². The minimum Gasteiger partial charge on any atom is -0.333 e. The lowest BCUT2D eigenvalue weighted by molar-refractivity contribution is -0.393. The Balaban J connectivity index is 2.13. The van der Waals surface area contributed by atoms with Crippen LogP contribution in [0.15, 0.2) is 54.6 Å². The lowest BCUT2D eigenvalue weighted by Crippen LogP contribution is -2.06. The van der Waals surface area contributed by atoms with E-state index < -0.39 is 21.2 Å². The van der Waals surface area contributed by atoms with Crippen molar-refractivity contribution in [1.82, 2.24) is 4.98 Å². The summed E-state index contributed by atoms with van der Waals surface area (Å²) in [6.07, 6.45) is 0. The molecule has 0 saturated carbocycles. The molecule has 142 valence electrons. The molecule has 3 rings (SSSR count). The van der Waals surface area contributed by atoms with Gasteiger partial charge in [0.1, 0.15) is 6.07 Å². The zero-order chi connectivity index (χ0) is 20.3. The van der Waals surface area contributed by atoms with Crippen molar-refractivity contribution < 1.29 is 9.85 Å². The summed E-state index contributed by atoms with van der Waals surface area (Å²) in [4.78, 5) is 25.4. The topological polar surface area (TPSA) is 123 Å². The smallest absolute Gasteiger partial charge is 0.318 e. The number of anilines is 4. The molecule has 0 radical (unpaired) electrons. The molecule has 2 aromatic carbocycles. The first-order chi connectivity index (χ1) is 13.4. The van der Waals surface area contributed by atoms with Crippen molar-refractivity contribution in [1.29, 1.82) is 0 Å². The molecule has 0 bridgehead atoms. The Labute approximate surface area is 168 Å². The molecule has 3 aromatic rings. The maximum atomic E-state index is 11.4. The van der Waals surface area contributed by atoms with Gasteiger partial charge in [-0.3, -0.25) is 20.2 Å². The molecule has 0 aliphatic heterocycles. The number of hydrogen-bond acceptors (Lipinski definition) is 7. The summed E-state index contributed by atoms with van der Waals surface area (Å²) in [5, 5.41) is 29.0. The minimum atomic E-state index is -0.765. The van der Waals surface area contributed by atoms with Gasteiger partial charge in [-0.05, 0) is 24.3 Å². The van der Waals surface area contributed by atoms with E-state index in [1.807, 2.05) is 0 Å². The van der Waals surface area contributed by atoms with Crippen LogP contribution in [0.1, 0.15) is 0 Å². The van der Waals surface area contributed by atoms with E-state index in [9.17, 15) is 20.2 Å². The molecule has 0 fully saturated rings. The van der Waals surface area contributed by atoms with E-state index in [4.69, 9.17) is 23.2 Å². The quantitative estimate of drug-likeness (QED) is 0.388. The highest BCUT2D eigenvalue weighted by Gasteiger charge is 2.27. The number of para-hydroxylation sites is 2. The van der Waals surface area contributed by atoms with Crippen LogP contribution in [-0.4, -0.2) is 14.8 Å². The van der Waals surface area contributed by atoms with Crippen LogP contribution in [0.2, 0.25) is 10.0 Å². The summed E-state index contributed by atoms with van der Waals surface area (Å²) in [5.41, 5.74) is -0.428. The van der Waals surface area contributed by atoms with Gasteiger partial charge in [-0.15, -0.1) is 0 Å². The van der Waals surface area contributed by atoms with Crippen LogP contribution in [0.25, 0.3) is 0 Å². The molecule has 0 aliphatic rings. The Morgan fingerprint density at radius 1 is 0.750 bits per heavy atom. The fraction of sp³-hybridized carbons (Fsp3) is 0. The van der Waals surface area contributed by atoms with Crippen LogP contribution in [-0.2, 0) is 0 Å². The average Bonchev–Trinajstić information content (AvgIpc) is 2.65. The fourth-order valence-electron chi connectivity index (χ4n) is 2.34. The van der Waals surface area contributed by atoms with E-state index in [-0.39, 0.29) is 11.6 Å². The van der Waals surface area contributed by atoms with E-state index in [0.29, 0.717) is 21.4 Å². The predicted molar refractivity (Wildman–Crippen MR) is 107 cm³/mol. The molecular weight excluding hydrogens is 409 g/mol. The van der Waals surface area contributed by atoms with E-state index in [0.717, 1.165) is 6.07 Å². The van der Waals surface area contributed by atoms with E-state index in [2.05, 4.69) is 15.6 Å². The van der Waals surface area contributed by atoms with Gasteiger partial charge in [0.15, 0.2) is 0 Å². The summed E-state index contributed by atoms with van der Waals surface area (Å²) < 4.78 is 0. The van der Waals surface area contributed by atoms with Gasteiger partial charge in [-0.2, -0.15) is 4.98 Å². The highest BCUT2D eigenvalue weighted by atomic mass is 35.5. The summed E-state index contributed by atoms with van der Waals surface area (Å²) in [6, 6.07) is 13.9. The largest absolute Gasteiger partial charge is 0.333 e. The normalized spacial score (nSPS) is 10.4. The van der Waals surface area contributed by atoms with Crippen molar-refractivity contribution in [3.8, 4) is 0 Å². The number of nitrogens with zero attached hydrogens (tertiary/aromatic N) is 3. The second-order valence-electron chi connectivity index (χ2n) is 5.45. The number of nitro groups is 2. The maximum Gasteiger partial charge on any atom is 0.318 e. The van der Waals surface area contributed by atoms with E-state index in [1.165, 1.54) is 0 Å². The third-order valence-electron chi connectivity index (χ3n) is 3.63. The Morgan fingerprint density at radius 3 is 1.50 bits per heavy atom. The van der Waals surface area contributed by atoms with Crippen LogP contribution in [0.4, 0.5) is 34.4 Å². The highest BCUT2D eigenvalue weighted by Crippen LogP contribution is 2.37. The molecule has 1 heterocycles. The molecule has 2 N–H and O–H groups in total. The van der Waals surface area contributed by atoms with Crippen LogP contribution in [0.3, 0.4) is 0 Å². The second-order valence-corrected chi connectivity index (χ2v) is 6.26. The number of benzene rings is 2. The number of rotatable bonds is 6. The number of hydrogen-bond donors (Lipinski definition) is 2. The zero-order valence-electron chi connectivity index (χ0n) is 13.9. The first kappa shape index (κ1) is 19.3. The summed E-state index contributed by atoms with van der Waals surface area (Å²) in [7, 11) is 0. The number of aromatic nitrogens is 1. The number of nitrogens with one attached hydrogen (secondary N) is 2. The van der Waals surface area contributed by atoms with Crippen molar-refractivity contribution >= 4 is 57.6 Å². The zero-order valence-corrected chi connectivity index (χ0v) is 15.4. The third kappa shape index (κ3) is 4.11. The standard InChI is InChI=1S/C17H11Cl2N5O4/c18-10-5-1-3-7-12(10)20-16-14(23(25)26)9-15(24(27)28)17(22-16)21-13-8-4-2-6-11(13)19/h1-9H,(H2,20,21,22). The van der Waals surface area contributed by atoms with Crippen LogP contribution < -0.4 is 10.6 Å². The van der Waals surface area contributed by atoms with E-state index >= 15 is 0 Å². The Kier molecular flexibility index (Phi) is 5.57. The maximum absolute atomic E-state index is 11.4. The molecule has 0 atom stereocenters. The van der Waals surface area contributed by atoms with Crippen molar-refractivity contribution in [2.45, 2.75) is 0 Å². The molecule has 0 unspecified atom stereocenters. The summed E-state index contributed by atoms with van der Waals surface area (Å²) in [6.45, 7) is 0. The molecular formula is C17H11Cl2N5O4. The molecule has 0 amide bonds. The molecule has 11 heteroatoms. The van der Waals surface area contributed by atoms with Crippen molar-refractivity contribution in [2.75, 3.05) is 10.6 Å². The van der Waals surface area contributed by atoms with Crippen molar-refractivity contribution in [2.24, 2.45) is 0 Å². The van der Waals surface area contributed by atoms with Gasteiger partial charge in [0, 0.05) is 0 Å². The second kappa shape index (κ2) is 8.07. The predicted octanol–water partition coefficient (Wildman–Crippen LogP) is 5.69. The first-order valence-corrected chi connectivity index (χ1v) is 8.49. The van der Waals surface area contributed by atoms with Gasteiger partial charge < -0.3 is 10.6 Å². The van der Waals surface area contributed by atoms with Gasteiger partial charge >= 0.3 is 11.4 Å². The molecule has 0 spiro atoms. The summed E-state index contributed by atoms with van der Waals surface area (Å²) >= 11 is 12.2. The Bertz CT molecular complexity index is 996. The molecule has 28 heavy (non-hydrogen) atoms. The molecule has 0 saturated heterocycles. The highest BCUT2D eigenvalue weighted by molar-refractivity contribution is 6.33. The lowest BCUT2D eigenvalue weighted by Gasteiger charge is -2.12. The third-order valence-corrected chi connectivity index (χ3v) is 4.29. The van der Waals surface area contributed by atoms with Gasteiger partial charge in [-0.1, -0.05) is 47.5 Å². The lowest BCUT2D eigenvalue weighted by atomic mass is 10.2. The fourth-order valence-corrected chi connectivity index (χ4v) is 2.70.